The first-order chi connectivity index (χ1) is 9.31. The lowest BCUT2D eigenvalue weighted by atomic mass is 10.2. The number of nitrogens with zero attached hydrogens (tertiary/aromatic N) is 1. The fraction of sp³-hybridized carbons (Fsp3) is 0.357. The molecule has 2 heterocycles. The highest BCUT2D eigenvalue weighted by Gasteiger charge is 2.20. The van der Waals surface area contributed by atoms with Crippen LogP contribution in [0.5, 0.6) is 5.88 Å². The van der Waals surface area contributed by atoms with Gasteiger partial charge in [-0.25, -0.2) is 4.98 Å². The topological polar surface area (TPSA) is 34.1 Å². The fourth-order valence-electron chi connectivity index (χ4n) is 1.75. The van der Waals surface area contributed by atoms with Gasteiger partial charge < -0.3 is 10.1 Å². The normalized spacial score (nSPS) is 14.6. The summed E-state index contributed by atoms with van der Waals surface area (Å²) in [5.41, 5.74) is 1.05. The molecule has 1 saturated carbocycles. The summed E-state index contributed by atoms with van der Waals surface area (Å²) >= 11 is 7.82. The van der Waals surface area contributed by atoms with E-state index in [4.69, 9.17) is 16.3 Å². The molecule has 1 fully saturated rings. The molecule has 2 aromatic rings. The average molecular weight is 295 g/mol. The van der Waals surface area contributed by atoms with Gasteiger partial charge in [0.15, 0.2) is 0 Å². The van der Waals surface area contributed by atoms with Crippen LogP contribution in [0, 0.1) is 0 Å². The Morgan fingerprint density at radius 2 is 2.37 bits per heavy atom. The lowest BCUT2D eigenvalue weighted by Crippen LogP contribution is -2.15. The molecule has 0 aromatic carbocycles. The summed E-state index contributed by atoms with van der Waals surface area (Å²) in [5, 5.41) is 6.18. The Hall–Kier alpha value is -1.10. The van der Waals surface area contributed by atoms with Gasteiger partial charge in [-0.3, -0.25) is 0 Å². The van der Waals surface area contributed by atoms with Crippen molar-refractivity contribution in [1.29, 1.82) is 0 Å². The molecular formula is C14H15ClN2OS. The molecule has 0 unspecified atom stereocenters. The number of nitrogens with one attached hydrogen (secondary N) is 1. The van der Waals surface area contributed by atoms with E-state index in [-0.39, 0.29) is 0 Å². The molecule has 3 nitrogen and oxygen atoms in total. The average Bonchev–Trinajstić information content (AvgIpc) is 3.10. The first-order valence-electron chi connectivity index (χ1n) is 6.34. The van der Waals surface area contributed by atoms with Gasteiger partial charge in [0.1, 0.15) is 6.61 Å². The predicted molar refractivity (Wildman–Crippen MR) is 77.8 cm³/mol. The minimum Gasteiger partial charge on any atom is -0.472 e. The zero-order valence-corrected chi connectivity index (χ0v) is 12.0. The summed E-state index contributed by atoms with van der Waals surface area (Å²) in [4.78, 5) is 5.39. The van der Waals surface area contributed by atoms with Gasteiger partial charge in [0.2, 0.25) is 5.88 Å². The molecular weight excluding hydrogens is 280 g/mol. The standard InChI is InChI=1S/C14H15ClN2OS/c15-13-8-17-14(18-9-12-2-1-5-19-12)6-10(13)7-16-11-3-4-11/h1-2,5-6,8,11,16H,3-4,7,9H2. The number of aromatic nitrogens is 1. The largest absolute Gasteiger partial charge is 0.472 e. The number of hydrogen-bond donors (Lipinski definition) is 1. The first kappa shape index (κ1) is 12.9. The molecule has 2 aromatic heterocycles. The van der Waals surface area contributed by atoms with Crippen LogP contribution in [0.25, 0.3) is 0 Å². The highest BCUT2D eigenvalue weighted by atomic mass is 35.5. The van der Waals surface area contributed by atoms with E-state index in [1.54, 1.807) is 17.5 Å². The van der Waals surface area contributed by atoms with Gasteiger partial charge in [0.25, 0.3) is 0 Å². The minimum atomic E-state index is 0.557. The van der Waals surface area contributed by atoms with Crippen molar-refractivity contribution in [2.75, 3.05) is 0 Å². The van der Waals surface area contributed by atoms with Crippen LogP contribution >= 0.6 is 22.9 Å². The zero-order chi connectivity index (χ0) is 13.1. The van der Waals surface area contributed by atoms with E-state index in [0.29, 0.717) is 23.6 Å². The molecule has 0 atom stereocenters. The van der Waals surface area contributed by atoms with Crippen molar-refractivity contribution in [3.63, 3.8) is 0 Å². The summed E-state index contributed by atoms with van der Waals surface area (Å²) < 4.78 is 5.68. The van der Waals surface area contributed by atoms with E-state index in [1.807, 2.05) is 17.5 Å². The van der Waals surface area contributed by atoms with Gasteiger partial charge in [-0.1, -0.05) is 17.7 Å². The second kappa shape index (κ2) is 5.90. The van der Waals surface area contributed by atoms with E-state index >= 15 is 0 Å². The van der Waals surface area contributed by atoms with E-state index in [1.165, 1.54) is 17.7 Å². The van der Waals surface area contributed by atoms with Crippen LogP contribution in [0.2, 0.25) is 5.02 Å². The molecule has 5 heteroatoms. The molecule has 0 bridgehead atoms. The number of hydrogen-bond acceptors (Lipinski definition) is 4. The third-order valence-corrected chi connectivity index (χ3v) is 4.20. The Labute approximate surface area is 121 Å². The summed E-state index contributed by atoms with van der Waals surface area (Å²) in [6.07, 6.45) is 4.20. The molecule has 0 amide bonds. The van der Waals surface area contributed by atoms with Crippen molar-refractivity contribution in [2.45, 2.75) is 32.0 Å². The summed E-state index contributed by atoms with van der Waals surface area (Å²) in [7, 11) is 0. The maximum Gasteiger partial charge on any atom is 0.213 e. The Bertz CT molecular complexity index is 540. The van der Waals surface area contributed by atoms with Crippen LogP contribution in [0.3, 0.4) is 0 Å². The van der Waals surface area contributed by atoms with Crippen LogP contribution in [0.4, 0.5) is 0 Å². The smallest absolute Gasteiger partial charge is 0.213 e. The Kier molecular flexibility index (Phi) is 4.01. The number of rotatable bonds is 6. The van der Waals surface area contributed by atoms with Crippen molar-refractivity contribution < 1.29 is 4.74 Å². The number of ether oxygens (including phenoxy) is 1. The molecule has 0 radical (unpaired) electrons. The molecule has 100 valence electrons. The SMILES string of the molecule is Clc1cnc(OCc2cccs2)cc1CNC1CC1. The predicted octanol–water partition coefficient (Wildman–Crippen LogP) is 3.63. The van der Waals surface area contributed by atoms with Crippen LogP contribution < -0.4 is 10.1 Å². The molecule has 19 heavy (non-hydrogen) atoms. The summed E-state index contributed by atoms with van der Waals surface area (Å²) in [5.74, 6) is 0.630. The van der Waals surface area contributed by atoms with E-state index in [2.05, 4.69) is 16.4 Å². The van der Waals surface area contributed by atoms with E-state index in [9.17, 15) is 0 Å². The van der Waals surface area contributed by atoms with Crippen LogP contribution in [0.1, 0.15) is 23.3 Å². The van der Waals surface area contributed by atoms with Gasteiger partial charge in [-0.05, 0) is 29.9 Å². The van der Waals surface area contributed by atoms with Crippen LogP contribution in [-0.2, 0) is 13.2 Å². The number of thiophene rings is 1. The molecule has 1 N–H and O–H groups in total. The van der Waals surface area contributed by atoms with Crippen LogP contribution in [-0.4, -0.2) is 11.0 Å². The minimum absolute atomic E-state index is 0.557. The molecule has 0 saturated heterocycles. The Morgan fingerprint density at radius 3 is 3.11 bits per heavy atom. The first-order valence-corrected chi connectivity index (χ1v) is 7.60. The maximum absolute atomic E-state index is 6.14. The van der Waals surface area contributed by atoms with Crippen molar-refractivity contribution in [1.82, 2.24) is 10.3 Å². The van der Waals surface area contributed by atoms with Crippen LogP contribution in [0.15, 0.2) is 29.8 Å². The Morgan fingerprint density at radius 1 is 1.47 bits per heavy atom. The van der Waals surface area contributed by atoms with Crippen molar-refractivity contribution in [3.05, 3.63) is 45.2 Å². The quantitative estimate of drug-likeness (QED) is 0.883. The monoisotopic (exact) mass is 294 g/mol. The van der Waals surface area contributed by atoms with Crippen molar-refractivity contribution in [2.24, 2.45) is 0 Å². The van der Waals surface area contributed by atoms with Crippen molar-refractivity contribution >= 4 is 22.9 Å². The van der Waals surface area contributed by atoms with Crippen molar-refractivity contribution in [3.8, 4) is 5.88 Å². The van der Waals surface area contributed by atoms with E-state index in [0.717, 1.165) is 12.1 Å². The lowest BCUT2D eigenvalue weighted by molar-refractivity contribution is 0.297. The summed E-state index contributed by atoms with van der Waals surface area (Å²) in [6.45, 7) is 1.34. The lowest BCUT2D eigenvalue weighted by Gasteiger charge is -2.08. The molecule has 0 spiro atoms. The van der Waals surface area contributed by atoms with Gasteiger partial charge in [-0.15, -0.1) is 11.3 Å². The van der Waals surface area contributed by atoms with E-state index < -0.39 is 0 Å². The fourth-order valence-corrected chi connectivity index (χ4v) is 2.54. The molecule has 1 aliphatic rings. The van der Waals surface area contributed by atoms with Gasteiger partial charge >= 0.3 is 0 Å². The van der Waals surface area contributed by atoms with Gasteiger partial charge in [0.05, 0.1) is 5.02 Å². The number of pyridine rings is 1. The highest BCUT2D eigenvalue weighted by Crippen LogP contribution is 2.23. The van der Waals surface area contributed by atoms with Gasteiger partial charge in [0, 0.05) is 29.7 Å². The maximum atomic E-state index is 6.14. The molecule has 0 aliphatic heterocycles. The zero-order valence-electron chi connectivity index (χ0n) is 10.4. The summed E-state index contributed by atoms with van der Waals surface area (Å²) in [6, 6.07) is 6.66. The third kappa shape index (κ3) is 3.69. The molecule has 3 rings (SSSR count). The second-order valence-corrected chi connectivity index (χ2v) is 6.08. The molecule has 1 aliphatic carbocycles. The van der Waals surface area contributed by atoms with Gasteiger partial charge in [-0.2, -0.15) is 0 Å². The highest BCUT2D eigenvalue weighted by molar-refractivity contribution is 7.09. The number of halogens is 1. The second-order valence-electron chi connectivity index (χ2n) is 4.64. The Balaban J connectivity index is 1.62. The third-order valence-electron chi connectivity index (χ3n) is 3.01.